The molecule has 0 aliphatic rings. The van der Waals surface area contributed by atoms with Gasteiger partial charge in [-0.25, -0.2) is 0 Å². The van der Waals surface area contributed by atoms with Crippen molar-refractivity contribution < 1.29 is 9.26 Å². The standard InChI is InChI=1S/C15H21N3O2/c1-11(2)20-14-6-4-13(5-7-14)12(3)16-9-8-15-17-10-19-18-15/h4-7,10-12,16H,8-9H2,1-3H3. The van der Waals surface area contributed by atoms with Crippen molar-refractivity contribution in [2.75, 3.05) is 6.54 Å². The summed E-state index contributed by atoms with van der Waals surface area (Å²) >= 11 is 0. The van der Waals surface area contributed by atoms with E-state index in [0.717, 1.165) is 24.5 Å². The van der Waals surface area contributed by atoms with E-state index in [9.17, 15) is 0 Å². The summed E-state index contributed by atoms with van der Waals surface area (Å²) in [6.45, 7) is 6.99. The topological polar surface area (TPSA) is 60.2 Å². The number of hydrogen-bond donors (Lipinski definition) is 1. The minimum Gasteiger partial charge on any atom is -0.491 e. The molecule has 2 rings (SSSR count). The van der Waals surface area contributed by atoms with Crippen LogP contribution in [-0.2, 0) is 6.42 Å². The summed E-state index contributed by atoms with van der Waals surface area (Å²) in [4.78, 5) is 3.99. The van der Waals surface area contributed by atoms with Gasteiger partial charge < -0.3 is 14.6 Å². The van der Waals surface area contributed by atoms with Crippen molar-refractivity contribution in [3.63, 3.8) is 0 Å². The molecule has 108 valence electrons. The first-order valence-electron chi connectivity index (χ1n) is 6.90. The normalized spacial score (nSPS) is 12.6. The molecule has 1 unspecified atom stereocenters. The zero-order valence-corrected chi connectivity index (χ0v) is 12.2. The lowest BCUT2D eigenvalue weighted by molar-refractivity contribution is 0.242. The van der Waals surface area contributed by atoms with Crippen LogP contribution in [0.1, 0.15) is 38.2 Å². The first kappa shape index (κ1) is 14.5. The molecule has 0 amide bonds. The molecule has 0 saturated heterocycles. The number of rotatable bonds is 7. The van der Waals surface area contributed by atoms with E-state index in [0.29, 0.717) is 0 Å². The summed E-state index contributed by atoms with van der Waals surface area (Å²) in [7, 11) is 0. The minimum atomic E-state index is 0.200. The SMILES string of the molecule is CC(C)Oc1ccc(C(C)NCCc2ncon2)cc1. The first-order valence-corrected chi connectivity index (χ1v) is 6.90. The summed E-state index contributed by atoms with van der Waals surface area (Å²) in [5.74, 6) is 1.63. The molecule has 1 aromatic heterocycles. The van der Waals surface area contributed by atoms with Crippen LogP contribution in [-0.4, -0.2) is 22.8 Å². The van der Waals surface area contributed by atoms with Crippen LogP contribution in [0.2, 0.25) is 0 Å². The van der Waals surface area contributed by atoms with Crippen LogP contribution in [0.25, 0.3) is 0 Å². The van der Waals surface area contributed by atoms with Gasteiger partial charge in [0.05, 0.1) is 6.10 Å². The van der Waals surface area contributed by atoms with Crippen LogP contribution >= 0.6 is 0 Å². The molecule has 5 nitrogen and oxygen atoms in total. The fraction of sp³-hybridized carbons (Fsp3) is 0.467. The molecule has 0 spiro atoms. The lowest BCUT2D eigenvalue weighted by Crippen LogP contribution is -2.21. The Morgan fingerprint density at radius 3 is 2.55 bits per heavy atom. The lowest BCUT2D eigenvalue weighted by atomic mass is 10.1. The highest BCUT2D eigenvalue weighted by atomic mass is 16.5. The minimum absolute atomic E-state index is 0.200. The number of nitrogens with one attached hydrogen (secondary N) is 1. The van der Waals surface area contributed by atoms with E-state index in [1.807, 2.05) is 26.0 Å². The van der Waals surface area contributed by atoms with Crippen LogP contribution in [0.3, 0.4) is 0 Å². The number of nitrogens with zero attached hydrogens (tertiary/aromatic N) is 2. The molecule has 0 aliphatic heterocycles. The molecule has 0 fully saturated rings. The van der Waals surface area contributed by atoms with Crippen LogP contribution in [0.4, 0.5) is 0 Å². The fourth-order valence-electron chi connectivity index (χ4n) is 1.93. The van der Waals surface area contributed by atoms with E-state index in [-0.39, 0.29) is 12.1 Å². The second-order valence-electron chi connectivity index (χ2n) is 5.01. The summed E-state index contributed by atoms with van der Waals surface area (Å²) < 4.78 is 10.3. The molecule has 1 heterocycles. The zero-order valence-electron chi connectivity index (χ0n) is 12.2. The molecule has 0 bridgehead atoms. The zero-order chi connectivity index (χ0) is 14.4. The molecule has 2 aromatic rings. The monoisotopic (exact) mass is 275 g/mol. The van der Waals surface area contributed by atoms with Gasteiger partial charge in [-0.15, -0.1) is 0 Å². The Morgan fingerprint density at radius 2 is 1.95 bits per heavy atom. The highest BCUT2D eigenvalue weighted by Gasteiger charge is 2.06. The van der Waals surface area contributed by atoms with Crippen molar-refractivity contribution >= 4 is 0 Å². The molecule has 0 saturated carbocycles. The van der Waals surface area contributed by atoms with Gasteiger partial charge in [-0.05, 0) is 38.5 Å². The molecule has 1 aromatic carbocycles. The highest BCUT2D eigenvalue weighted by Crippen LogP contribution is 2.18. The van der Waals surface area contributed by atoms with Crippen molar-refractivity contribution in [3.8, 4) is 5.75 Å². The van der Waals surface area contributed by atoms with Gasteiger partial charge in [-0.3, -0.25) is 0 Å². The van der Waals surface area contributed by atoms with E-state index in [2.05, 4.69) is 34.5 Å². The Labute approximate surface area is 119 Å². The molecule has 1 N–H and O–H groups in total. The van der Waals surface area contributed by atoms with Gasteiger partial charge in [0.1, 0.15) is 5.75 Å². The predicted octanol–water partition coefficient (Wildman–Crippen LogP) is 2.75. The largest absolute Gasteiger partial charge is 0.491 e. The molecular formula is C15H21N3O2. The van der Waals surface area contributed by atoms with Crippen molar-refractivity contribution in [2.45, 2.75) is 39.3 Å². The molecule has 5 heteroatoms. The Morgan fingerprint density at radius 1 is 1.20 bits per heavy atom. The summed E-state index contributed by atoms with van der Waals surface area (Å²) in [5, 5.41) is 7.22. The number of ether oxygens (including phenoxy) is 1. The maximum atomic E-state index is 5.63. The van der Waals surface area contributed by atoms with E-state index in [1.165, 1.54) is 12.0 Å². The Hall–Kier alpha value is -1.88. The van der Waals surface area contributed by atoms with E-state index >= 15 is 0 Å². The quantitative estimate of drug-likeness (QED) is 0.842. The van der Waals surface area contributed by atoms with Crippen LogP contribution < -0.4 is 10.1 Å². The molecule has 20 heavy (non-hydrogen) atoms. The lowest BCUT2D eigenvalue weighted by Gasteiger charge is -2.15. The van der Waals surface area contributed by atoms with E-state index in [4.69, 9.17) is 9.26 Å². The number of hydrogen-bond acceptors (Lipinski definition) is 5. The van der Waals surface area contributed by atoms with Crippen LogP contribution in [0.5, 0.6) is 5.75 Å². The molecule has 1 atom stereocenters. The van der Waals surface area contributed by atoms with Crippen LogP contribution in [0, 0.1) is 0 Å². The third kappa shape index (κ3) is 4.35. The smallest absolute Gasteiger partial charge is 0.213 e. The van der Waals surface area contributed by atoms with Gasteiger partial charge in [0, 0.05) is 19.0 Å². The van der Waals surface area contributed by atoms with E-state index in [1.54, 1.807) is 0 Å². The van der Waals surface area contributed by atoms with Crippen molar-refractivity contribution in [1.29, 1.82) is 0 Å². The fourth-order valence-corrected chi connectivity index (χ4v) is 1.93. The Bertz CT molecular complexity index is 494. The van der Waals surface area contributed by atoms with Gasteiger partial charge in [0.15, 0.2) is 5.82 Å². The van der Waals surface area contributed by atoms with Crippen molar-refractivity contribution in [1.82, 2.24) is 15.5 Å². The third-order valence-corrected chi connectivity index (χ3v) is 2.96. The van der Waals surface area contributed by atoms with Gasteiger partial charge in [-0.1, -0.05) is 17.3 Å². The second kappa shape index (κ2) is 7.05. The van der Waals surface area contributed by atoms with E-state index < -0.39 is 0 Å². The molecule has 0 aliphatic carbocycles. The molecular weight excluding hydrogens is 254 g/mol. The highest BCUT2D eigenvalue weighted by molar-refractivity contribution is 5.29. The van der Waals surface area contributed by atoms with Gasteiger partial charge in [-0.2, -0.15) is 4.98 Å². The maximum absolute atomic E-state index is 5.63. The second-order valence-corrected chi connectivity index (χ2v) is 5.01. The van der Waals surface area contributed by atoms with Gasteiger partial charge in [0.25, 0.3) is 0 Å². The summed E-state index contributed by atoms with van der Waals surface area (Å²) in [6, 6.07) is 8.46. The Balaban J connectivity index is 1.81. The predicted molar refractivity (Wildman–Crippen MR) is 76.6 cm³/mol. The third-order valence-electron chi connectivity index (χ3n) is 2.96. The number of benzene rings is 1. The number of aromatic nitrogens is 2. The van der Waals surface area contributed by atoms with Crippen molar-refractivity contribution in [2.24, 2.45) is 0 Å². The average molecular weight is 275 g/mol. The summed E-state index contributed by atoms with van der Waals surface area (Å²) in [6.07, 6.45) is 2.31. The maximum Gasteiger partial charge on any atom is 0.213 e. The van der Waals surface area contributed by atoms with Gasteiger partial charge in [0.2, 0.25) is 6.39 Å². The van der Waals surface area contributed by atoms with Gasteiger partial charge >= 0.3 is 0 Å². The first-order chi connectivity index (χ1) is 9.65. The molecule has 0 radical (unpaired) electrons. The van der Waals surface area contributed by atoms with Crippen molar-refractivity contribution in [3.05, 3.63) is 42.0 Å². The van der Waals surface area contributed by atoms with Crippen LogP contribution in [0.15, 0.2) is 35.2 Å². The summed E-state index contributed by atoms with van der Waals surface area (Å²) in [5.41, 5.74) is 1.23. The Kier molecular flexibility index (Phi) is 5.12. The average Bonchev–Trinajstić information content (AvgIpc) is 2.92.